The third-order valence-electron chi connectivity index (χ3n) is 4.19. The highest BCUT2D eigenvalue weighted by atomic mass is 16.5. The van der Waals surface area contributed by atoms with Crippen LogP contribution in [-0.2, 0) is 4.74 Å². The van der Waals surface area contributed by atoms with Gasteiger partial charge in [-0.3, -0.25) is 0 Å². The smallest absolute Gasteiger partial charge is 0.345 e. The molecule has 3 rings (SSSR count). The number of hydrogen-bond acceptors (Lipinski definition) is 4. The predicted octanol–water partition coefficient (Wildman–Crippen LogP) is 3.84. The fraction of sp³-hybridized carbons (Fsp3) is 0.368. The molecule has 0 saturated heterocycles. The second kappa shape index (κ2) is 6.51. The molecule has 0 amide bonds. The number of esters is 2. The van der Waals surface area contributed by atoms with Crippen LogP contribution in [-0.4, -0.2) is 23.1 Å². The number of aryl methyl sites for hydroxylation is 1. The second-order valence-corrected chi connectivity index (χ2v) is 6.02. The van der Waals surface area contributed by atoms with Gasteiger partial charge in [0.05, 0.1) is 17.7 Å². The van der Waals surface area contributed by atoms with Crippen molar-refractivity contribution < 1.29 is 19.1 Å². The van der Waals surface area contributed by atoms with E-state index >= 15 is 0 Å². The molecule has 2 aromatic rings. The number of carbonyl (C=O) groups is 2. The molecule has 1 saturated carbocycles. The molecule has 1 aromatic heterocycles. The lowest BCUT2D eigenvalue weighted by molar-refractivity contribution is 0.0526. The number of rotatable bonds is 5. The number of benzene rings is 1. The Kier molecular flexibility index (Phi) is 4.42. The molecular formula is C19H21NO4. The lowest BCUT2D eigenvalue weighted by Gasteiger charge is -2.08. The van der Waals surface area contributed by atoms with Crippen molar-refractivity contribution in [3.8, 4) is 5.75 Å². The van der Waals surface area contributed by atoms with Crippen LogP contribution in [0.1, 0.15) is 57.9 Å². The van der Waals surface area contributed by atoms with Gasteiger partial charge in [-0.2, -0.15) is 0 Å². The summed E-state index contributed by atoms with van der Waals surface area (Å²) in [4.78, 5) is 24.1. The molecule has 0 aliphatic heterocycles. The standard InChI is InChI=1S/C19H21NO4/c1-4-23-18(21)14-5-9-16(10-6-14)24-19(22)17-11-12(2)20(13(17)3)15-7-8-15/h5-6,9-11,15H,4,7-8H2,1-3H3. The van der Waals surface area contributed by atoms with Gasteiger partial charge in [-0.1, -0.05) is 0 Å². The minimum atomic E-state index is -0.386. The molecular weight excluding hydrogens is 306 g/mol. The van der Waals surface area contributed by atoms with Crippen LogP contribution in [0.15, 0.2) is 30.3 Å². The van der Waals surface area contributed by atoms with Crippen molar-refractivity contribution in [3.63, 3.8) is 0 Å². The summed E-state index contributed by atoms with van der Waals surface area (Å²) in [5.41, 5.74) is 3.06. The summed E-state index contributed by atoms with van der Waals surface area (Å²) in [6.45, 7) is 6.04. The van der Waals surface area contributed by atoms with Crippen LogP contribution in [0.2, 0.25) is 0 Å². The maximum absolute atomic E-state index is 12.4. The van der Waals surface area contributed by atoms with Crippen molar-refractivity contribution >= 4 is 11.9 Å². The Balaban J connectivity index is 1.73. The zero-order chi connectivity index (χ0) is 17.3. The number of carbonyl (C=O) groups excluding carboxylic acids is 2. The van der Waals surface area contributed by atoms with E-state index in [1.165, 1.54) is 12.8 Å². The molecule has 1 fully saturated rings. The average molecular weight is 327 g/mol. The molecule has 0 radical (unpaired) electrons. The van der Waals surface area contributed by atoms with Gasteiger partial charge < -0.3 is 14.0 Å². The maximum atomic E-state index is 12.4. The first-order chi connectivity index (χ1) is 11.5. The molecule has 24 heavy (non-hydrogen) atoms. The first kappa shape index (κ1) is 16.3. The SMILES string of the molecule is CCOC(=O)c1ccc(OC(=O)c2cc(C)n(C3CC3)c2C)cc1. The van der Waals surface area contributed by atoms with Gasteiger partial charge in [-0.05, 0) is 63.9 Å². The fourth-order valence-corrected chi connectivity index (χ4v) is 2.91. The van der Waals surface area contributed by atoms with Crippen LogP contribution >= 0.6 is 0 Å². The maximum Gasteiger partial charge on any atom is 0.345 e. The van der Waals surface area contributed by atoms with E-state index in [-0.39, 0.29) is 11.9 Å². The monoisotopic (exact) mass is 327 g/mol. The molecule has 126 valence electrons. The Labute approximate surface area is 141 Å². The predicted molar refractivity (Wildman–Crippen MR) is 89.5 cm³/mol. The van der Waals surface area contributed by atoms with Crippen molar-refractivity contribution in [2.24, 2.45) is 0 Å². The topological polar surface area (TPSA) is 57.5 Å². The third kappa shape index (κ3) is 3.20. The molecule has 5 heteroatoms. The normalized spacial score (nSPS) is 13.6. The van der Waals surface area contributed by atoms with Crippen molar-refractivity contribution in [2.45, 2.75) is 39.7 Å². The van der Waals surface area contributed by atoms with Gasteiger partial charge in [0.25, 0.3) is 0 Å². The van der Waals surface area contributed by atoms with Gasteiger partial charge in [0.2, 0.25) is 0 Å². The van der Waals surface area contributed by atoms with E-state index in [0.29, 0.717) is 29.5 Å². The fourth-order valence-electron chi connectivity index (χ4n) is 2.91. The number of ether oxygens (including phenoxy) is 2. The van der Waals surface area contributed by atoms with Crippen LogP contribution in [0.25, 0.3) is 0 Å². The molecule has 5 nitrogen and oxygen atoms in total. The Morgan fingerprint density at radius 2 is 1.79 bits per heavy atom. The average Bonchev–Trinajstić information content (AvgIpc) is 3.33. The molecule has 1 heterocycles. The molecule has 0 N–H and O–H groups in total. The first-order valence-corrected chi connectivity index (χ1v) is 8.19. The number of hydrogen-bond donors (Lipinski definition) is 0. The van der Waals surface area contributed by atoms with E-state index in [2.05, 4.69) is 4.57 Å². The molecule has 0 unspecified atom stereocenters. The summed E-state index contributed by atoms with van der Waals surface area (Å²) in [5, 5.41) is 0. The van der Waals surface area contributed by atoms with Gasteiger partial charge in [-0.25, -0.2) is 9.59 Å². The highest BCUT2D eigenvalue weighted by molar-refractivity contribution is 5.93. The summed E-state index contributed by atoms with van der Waals surface area (Å²) in [6, 6.07) is 8.79. The summed E-state index contributed by atoms with van der Waals surface area (Å²) < 4.78 is 12.6. The summed E-state index contributed by atoms with van der Waals surface area (Å²) in [5.74, 6) is -0.355. The summed E-state index contributed by atoms with van der Waals surface area (Å²) >= 11 is 0. The zero-order valence-corrected chi connectivity index (χ0v) is 14.2. The zero-order valence-electron chi connectivity index (χ0n) is 14.2. The first-order valence-electron chi connectivity index (χ1n) is 8.19. The Morgan fingerprint density at radius 3 is 2.38 bits per heavy atom. The molecule has 0 spiro atoms. The molecule has 0 bridgehead atoms. The van der Waals surface area contributed by atoms with Crippen LogP contribution < -0.4 is 4.74 Å². The van der Waals surface area contributed by atoms with Gasteiger partial charge in [0.1, 0.15) is 5.75 Å². The van der Waals surface area contributed by atoms with Crippen LogP contribution in [0.4, 0.5) is 0 Å². The largest absolute Gasteiger partial charge is 0.462 e. The van der Waals surface area contributed by atoms with Crippen LogP contribution in [0, 0.1) is 13.8 Å². The van der Waals surface area contributed by atoms with Gasteiger partial charge in [0.15, 0.2) is 0 Å². The quantitative estimate of drug-likeness (QED) is 0.618. The van der Waals surface area contributed by atoms with E-state index in [4.69, 9.17) is 9.47 Å². The van der Waals surface area contributed by atoms with E-state index in [9.17, 15) is 9.59 Å². The van der Waals surface area contributed by atoms with Crippen molar-refractivity contribution in [1.82, 2.24) is 4.57 Å². The van der Waals surface area contributed by atoms with Crippen molar-refractivity contribution in [1.29, 1.82) is 0 Å². The van der Waals surface area contributed by atoms with E-state index < -0.39 is 0 Å². The Bertz CT molecular complexity index is 769. The van der Waals surface area contributed by atoms with E-state index in [1.807, 2.05) is 19.9 Å². The minimum absolute atomic E-state index is 0.326. The van der Waals surface area contributed by atoms with Crippen molar-refractivity contribution in [2.75, 3.05) is 6.61 Å². The van der Waals surface area contributed by atoms with Crippen molar-refractivity contribution in [3.05, 3.63) is 52.8 Å². The molecule has 0 atom stereocenters. The minimum Gasteiger partial charge on any atom is -0.462 e. The van der Waals surface area contributed by atoms with Gasteiger partial charge >= 0.3 is 11.9 Å². The molecule has 1 aliphatic rings. The Morgan fingerprint density at radius 1 is 1.12 bits per heavy atom. The highest BCUT2D eigenvalue weighted by Crippen LogP contribution is 2.38. The van der Waals surface area contributed by atoms with E-state index in [0.717, 1.165) is 11.4 Å². The van der Waals surface area contributed by atoms with Gasteiger partial charge in [0, 0.05) is 17.4 Å². The summed E-state index contributed by atoms with van der Waals surface area (Å²) in [6.07, 6.45) is 2.33. The highest BCUT2D eigenvalue weighted by Gasteiger charge is 2.28. The summed E-state index contributed by atoms with van der Waals surface area (Å²) in [7, 11) is 0. The molecule has 1 aromatic carbocycles. The van der Waals surface area contributed by atoms with Crippen LogP contribution in [0.3, 0.4) is 0 Å². The lowest BCUT2D eigenvalue weighted by atomic mass is 10.2. The number of nitrogens with zero attached hydrogens (tertiary/aromatic N) is 1. The molecule has 1 aliphatic carbocycles. The second-order valence-electron chi connectivity index (χ2n) is 6.02. The third-order valence-corrected chi connectivity index (χ3v) is 4.19. The number of aromatic nitrogens is 1. The lowest BCUT2D eigenvalue weighted by Crippen LogP contribution is -2.10. The Hall–Kier alpha value is -2.56. The van der Waals surface area contributed by atoms with Gasteiger partial charge in [-0.15, -0.1) is 0 Å². The van der Waals surface area contributed by atoms with E-state index in [1.54, 1.807) is 31.2 Å². The van der Waals surface area contributed by atoms with Crippen LogP contribution in [0.5, 0.6) is 5.75 Å².